The maximum Gasteiger partial charge on any atom is 0.488 e. The van der Waals surface area contributed by atoms with Gasteiger partial charge >= 0.3 is 7.12 Å². The Bertz CT molecular complexity index is 1550. The van der Waals surface area contributed by atoms with Crippen LogP contribution in [0.1, 0.15) is 43.7 Å². The Morgan fingerprint density at radius 3 is 2.42 bits per heavy atom. The molecular formula is C34H36BNO7. The van der Waals surface area contributed by atoms with Crippen LogP contribution in [0.25, 0.3) is 11.6 Å². The van der Waals surface area contributed by atoms with E-state index < -0.39 is 49.4 Å². The van der Waals surface area contributed by atoms with Crippen LogP contribution in [-0.2, 0) is 9.59 Å². The van der Waals surface area contributed by atoms with E-state index in [2.05, 4.69) is 0 Å². The number of allylic oxidation sites excluding steroid dienone is 2. The largest absolute Gasteiger partial charge is 0.508 e. The zero-order valence-electron chi connectivity index (χ0n) is 24.0. The van der Waals surface area contributed by atoms with Crippen LogP contribution in [0.2, 0.25) is 0 Å². The maximum absolute atomic E-state index is 13.8. The molecule has 5 rings (SSSR count). The molecular weight excluding hydrogens is 545 g/mol. The van der Waals surface area contributed by atoms with Gasteiger partial charge in [0.1, 0.15) is 5.75 Å². The number of aliphatic hydroxyl groups is 2. The number of hydrogen-bond acceptors (Lipinski definition) is 7. The van der Waals surface area contributed by atoms with Crippen LogP contribution in [-0.4, -0.2) is 57.0 Å². The van der Waals surface area contributed by atoms with Gasteiger partial charge in [0.15, 0.2) is 0 Å². The lowest BCUT2D eigenvalue weighted by Gasteiger charge is -2.36. The zero-order valence-corrected chi connectivity index (χ0v) is 24.0. The smallest absolute Gasteiger partial charge is 0.488 e. The Morgan fingerprint density at radius 1 is 1.00 bits per heavy atom. The fraction of sp³-hybridized carbons (Fsp3) is 0.294. The number of nitrogens with zero attached hydrogens (tertiary/aromatic N) is 1. The molecule has 0 radical (unpaired) electrons. The molecule has 4 atom stereocenters. The van der Waals surface area contributed by atoms with Crippen molar-refractivity contribution in [3.05, 3.63) is 101 Å². The number of phenols is 1. The summed E-state index contributed by atoms with van der Waals surface area (Å²) in [7, 11) is -1.75. The molecule has 222 valence electrons. The van der Waals surface area contributed by atoms with Crippen molar-refractivity contribution < 1.29 is 35.0 Å². The summed E-state index contributed by atoms with van der Waals surface area (Å²) in [5.41, 5.74) is 4.66. The van der Waals surface area contributed by atoms with Crippen molar-refractivity contribution in [3.8, 4) is 5.75 Å². The first kappa shape index (κ1) is 30.4. The number of aliphatic hydroxyl groups excluding tert-OH is 2. The van der Waals surface area contributed by atoms with Crippen LogP contribution in [0.15, 0.2) is 90.0 Å². The van der Waals surface area contributed by atoms with Crippen molar-refractivity contribution in [3.63, 3.8) is 0 Å². The Hall–Kier alpha value is -4.02. The Kier molecular flexibility index (Phi) is 9.27. The highest BCUT2D eigenvalue weighted by Crippen LogP contribution is 2.48. The summed E-state index contributed by atoms with van der Waals surface area (Å²) in [5, 5.41) is 51.4. The van der Waals surface area contributed by atoms with E-state index in [1.807, 2.05) is 49.4 Å². The van der Waals surface area contributed by atoms with Gasteiger partial charge in [-0.15, -0.1) is 0 Å². The van der Waals surface area contributed by atoms with Crippen molar-refractivity contribution in [2.75, 3.05) is 11.5 Å². The van der Waals surface area contributed by atoms with E-state index in [1.54, 1.807) is 30.3 Å². The molecule has 1 aliphatic heterocycles. The number of hydrogen-bond donors (Lipinski definition) is 5. The highest BCUT2D eigenvalue weighted by atomic mass is 16.4. The quantitative estimate of drug-likeness (QED) is 0.107. The molecule has 43 heavy (non-hydrogen) atoms. The Balaban J connectivity index is 1.43. The van der Waals surface area contributed by atoms with Gasteiger partial charge in [-0.05, 0) is 77.7 Å². The number of carbonyl (C=O) groups excluding carboxylic acids is 2. The van der Waals surface area contributed by atoms with Gasteiger partial charge in [-0.2, -0.15) is 0 Å². The summed E-state index contributed by atoms with van der Waals surface area (Å²) in [6.07, 6.45) is 2.71. The van der Waals surface area contributed by atoms with E-state index in [9.17, 15) is 35.0 Å². The fourth-order valence-electron chi connectivity index (χ4n) is 6.59. The van der Waals surface area contributed by atoms with Crippen LogP contribution in [0.3, 0.4) is 0 Å². The van der Waals surface area contributed by atoms with E-state index in [1.165, 1.54) is 12.1 Å². The number of rotatable bonds is 10. The first-order valence-corrected chi connectivity index (χ1v) is 14.6. The van der Waals surface area contributed by atoms with E-state index in [0.29, 0.717) is 31.3 Å². The lowest BCUT2D eigenvalue weighted by Crippen LogP contribution is -2.39. The van der Waals surface area contributed by atoms with Crippen LogP contribution in [0.4, 0.5) is 5.69 Å². The second-order valence-corrected chi connectivity index (χ2v) is 11.2. The molecule has 2 aliphatic rings. The SMILES string of the molecule is CCC1=C([C@H](O)CC/C(=C/c2cccc(O)c2)c2ccccc2)[C@H](CO)[C@@H]2C(=O)N(c3cccc(B(O)O)c3)C(=O)[C@@H]2C1. The van der Waals surface area contributed by atoms with Crippen LogP contribution >= 0.6 is 0 Å². The van der Waals surface area contributed by atoms with E-state index in [-0.39, 0.29) is 16.9 Å². The molecule has 5 N–H and O–H groups in total. The average Bonchev–Trinajstić information content (AvgIpc) is 3.27. The molecule has 1 fully saturated rings. The summed E-state index contributed by atoms with van der Waals surface area (Å²) < 4.78 is 0. The molecule has 0 bridgehead atoms. The second kappa shape index (κ2) is 13.1. The van der Waals surface area contributed by atoms with Gasteiger partial charge in [0, 0.05) is 5.92 Å². The van der Waals surface area contributed by atoms with Gasteiger partial charge in [-0.1, -0.05) is 73.2 Å². The van der Waals surface area contributed by atoms with Crippen molar-refractivity contribution in [2.45, 2.75) is 38.7 Å². The Labute approximate surface area is 251 Å². The van der Waals surface area contributed by atoms with Crippen molar-refractivity contribution in [1.29, 1.82) is 0 Å². The van der Waals surface area contributed by atoms with Crippen LogP contribution in [0, 0.1) is 17.8 Å². The van der Waals surface area contributed by atoms with Crippen molar-refractivity contribution >= 4 is 41.7 Å². The molecule has 9 heteroatoms. The number of benzene rings is 3. The van der Waals surface area contributed by atoms with E-state index in [0.717, 1.165) is 27.2 Å². The predicted octanol–water partition coefficient (Wildman–Crippen LogP) is 3.28. The monoisotopic (exact) mass is 581 g/mol. The minimum atomic E-state index is -1.75. The number of fused-ring (bicyclic) bond motifs is 1. The summed E-state index contributed by atoms with van der Waals surface area (Å²) in [5.74, 6) is -2.94. The number of phenolic OH excluding ortho intramolecular Hbond substituents is 1. The van der Waals surface area contributed by atoms with Gasteiger partial charge in [-0.3, -0.25) is 14.5 Å². The van der Waals surface area contributed by atoms with Gasteiger partial charge in [0.2, 0.25) is 11.8 Å². The number of aromatic hydroxyl groups is 1. The molecule has 2 amide bonds. The minimum Gasteiger partial charge on any atom is -0.508 e. The molecule has 1 heterocycles. The van der Waals surface area contributed by atoms with E-state index in [4.69, 9.17) is 0 Å². The highest BCUT2D eigenvalue weighted by Gasteiger charge is 2.55. The van der Waals surface area contributed by atoms with E-state index >= 15 is 0 Å². The third kappa shape index (κ3) is 6.21. The first-order chi connectivity index (χ1) is 20.7. The zero-order chi connectivity index (χ0) is 30.7. The highest BCUT2D eigenvalue weighted by molar-refractivity contribution is 6.58. The molecule has 8 nitrogen and oxygen atoms in total. The van der Waals surface area contributed by atoms with Crippen molar-refractivity contribution in [2.24, 2.45) is 17.8 Å². The predicted molar refractivity (Wildman–Crippen MR) is 166 cm³/mol. The van der Waals surface area contributed by atoms with Gasteiger partial charge in [0.05, 0.1) is 30.2 Å². The second-order valence-electron chi connectivity index (χ2n) is 11.2. The minimum absolute atomic E-state index is 0.156. The van der Waals surface area contributed by atoms with Crippen molar-refractivity contribution in [1.82, 2.24) is 0 Å². The normalized spacial score (nSPS) is 21.3. The number of imide groups is 1. The van der Waals surface area contributed by atoms with Gasteiger partial charge in [-0.25, -0.2) is 0 Å². The summed E-state index contributed by atoms with van der Waals surface area (Å²) in [6, 6.07) is 22.7. The summed E-state index contributed by atoms with van der Waals surface area (Å²) >= 11 is 0. The maximum atomic E-state index is 13.8. The lowest BCUT2D eigenvalue weighted by atomic mass is 9.67. The first-order valence-electron chi connectivity index (χ1n) is 14.6. The van der Waals surface area contributed by atoms with Gasteiger partial charge in [0.25, 0.3) is 0 Å². The van der Waals surface area contributed by atoms with Crippen LogP contribution < -0.4 is 10.4 Å². The lowest BCUT2D eigenvalue weighted by molar-refractivity contribution is -0.123. The number of carbonyl (C=O) groups is 2. The average molecular weight is 581 g/mol. The summed E-state index contributed by atoms with van der Waals surface area (Å²) in [6.45, 7) is 1.54. The molecule has 1 aliphatic carbocycles. The number of anilines is 1. The molecule has 3 aromatic rings. The molecule has 3 aromatic carbocycles. The molecule has 0 spiro atoms. The fourth-order valence-corrected chi connectivity index (χ4v) is 6.59. The number of amides is 2. The molecule has 0 aromatic heterocycles. The van der Waals surface area contributed by atoms with Gasteiger partial charge < -0.3 is 25.4 Å². The molecule has 0 unspecified atom stereocenters. The molecule has 0 saturated carbocycles. The third-order valence-corrected chi connectivity index (χ3v) is 8.64. The summed E-state index contributed by atoms with van der Waals surface area (Å²) in [4.78, 5) is 28.5. The third-order valence-electron chi connectivity index (χ3n) is 8.64. The van der Waals surface area contributed by atoms with Crippen LogP contribution in [0.5, 0.6) is 5.75 Å². The topological polar surface area (TPSA) is 139 Å². The standard InChI is InChI=1S/C34H36BNO7/c1-2-22-18-28-32(34(41)36(33(28)40)26-12-7-11-25(19-26)35(42)43)29(20-37)31(22)30(39)15-14-24(23-9-4-3-5-10-23)16-21-8-6-13-27(38)17-21/h3-13,16-17,19,28-30,32,37-39,42-43H,2,14-15,18,20H2,1H3/b24-16-/t28-,29+,30-,32-/m1/s1. The Morgan fingerprint density at radius 2 is 1.74 bits per heavy atom. The molecule has 1 saturated heterocycles.